The van der Waals surface area contributed by atoms with Gasteiger partial charge in [0.15, 0.2) is 0 Å². The van der Waals surface area contributed by atoms with E-state index in [9.17, 15) is 0 Å². The maximum absolute atomic E-state index is 2.30. The summed E-state index contributed by atoms with van der Waals surface area (Å²) < 4.78 is 0. The largest absolute Gasteiger partial charge is 0.304 e. The Hall–Kier alpha value is -0.0400. The summed E-state index contributed by atoms with van der Waals surface area (Å²) in [5.74, 6) is 0. The Bertz CT molecular complexity index is 72.9. The number of hydrogen-bond acceptors (Lipinski definition) is 1. The molecule has 1 heteroatoms. The molecule has 0 atom stereocenters. The highest BCUT2D eigenvalue weighted by atomic mass is 15.1. The molecule has 0 aromatic heterocycles. The van der Waals surface area contributed by atoms with Crippen LogP contribution in [0.15, 0.2) is 0 Å². The second-order valence-corrected chi connectivity index (χ2v) is 3.10. The fourth-order valence-electron chi connectivity index (χ4n) is 0.882. The van der Waals surface area contributed by atoms with Crippen molar-refractivity contribution in [3.63, 3.8) is 0 Å². The van der Waals surface area contributed by atoms with Gasteiger partial charge in [0.25, 0.3) is 0 Å². The molecule has 0 aliphatic carbocycles. The summed E-state index contributed by atoms with van der Waals surface area (Å²) in [7, 11) is 4.29. The zero-order chi connectivity index (χ0) is 9.49. The van der Waals surface area contributed by atoms with Crippen LogP contribution in [0.1, 0.15) is 47.5 Å². The van der Waals surface area contributed by atoms with Crippen molar-refractivity contribution in [3.8, 4) is 0 Å². The SMILES string of the molecule is CC.CCC(C)(CC)N(C)C. The van der Waals surface area contributed by atoms with Crippen LogP contribution in [0.3, 0.4) is 0 Å². The zero-order valence-corrected chi connectivity index (χ0v) is 9.36. The van der Waals surface area contributed by atoms with E-state index in [0.29, 0.717) is 5.54 Å². The van der Waals surface area contributed by atoms with E-state index in [1.54, 1.807) is 0 Å². The Balaban J connectivity index is 0. The number of hydrogen-bond donors (Lipinski definition) is 0. The maximum atomic E-state index is 2.30. The van der Waals surface area contributed by atoms with Crippen LogP contribution in [0.4, 0.5) is 0 Å². The molecule has 0 saturated heterocycles. The van der Waals surface area contributed by atoms with Crippen LogP contribution < -0.4 is 0 Å². The van der Waals surface area contributed by atoms with Crippen LogP contribution in [0.25, 0.3) is 0 Å². The Morgan fingerprint density at radius 3 is 1.27 bits per heavy atom. The zero-order valence-electron chi connectivity index (χ0n) is 9.36. The minimum atomic E-state index is 0.417. The monoisotopic (exact) mass is 159 g/mol. The average molecular weight is 159 g/mol. The van der Waals surface area contributed by atoms with Crippen molar-refractivity contribution in [1.29, 1.82) is 0 Å². The summed E-state index contributed by atoms with van der Waals surface area (Å²) in [6.07, 6.45) is 2.47. The fraction of sp³-hybridized carbons (Fsp3) is 1.00. The molecule has 0 bridgehead atoms. The van der Waals surface area contributed by atoms with Gasteiger partial charge in [-0.15, -0.1) is 0 Å². The smallest absolute Gasteiger partial charge is 0.0170 e. The van der Waals surface area contributed by atoms with Crippen molar-refractivity contribution in [2.45, 2.75) is 53.0 Å². The van der Waals surface area contributed by atoms with Crippen molar-refractivity contribution in [1.82, 2.24) is 4.90 Å². The van der Waals surface area contributed by atoms with Gasteiger partial charge in [0.05, 0.1) is 0 Å². The Kier molecular flexibility index (Phi) is 8.20. The molecule has 0 fully saturated rings. The first-order valence-electron chi connectivity index (χ1n) is 4.74. The van der Waals surface area contributed by atoms with Gasteiger partial charge in [-0.1, -0.05) is 27.7 Å². The number of rotatable bonds is 3. The number of nitrogens with zero attached hydrogens (tertiary/aromatic N) is 1. The predicted molar refractivity (Wildman–Crippen MR) is 54.0 cm³/mol. The second kappa shape index (κ2) is 6.66. The molecule has 0 radical (unpaired) electrons. The lowest BCUT2D eigenvalue weighted by molar-refractivity contribution is 0.161. The van der Waals surface area contributed by atoms with Crippen LogP contribution in [0.2, 0.25) is 0 Å². The molecule has 0 aromatic carbocycles. The molecule has 0 aromatic rings. The van der Waals surface area contributed by atoms with Gasteiger partial charge >= 0.3 is 0 Å². The first kappa shape index (κ1) is 13.5. The molecule has 0 aliphatic heterocycles. The molecule has 0 N–H and O–H groups in total. The van der Waals surface area contributed by atoms with Gasteiger partial charge in [0.1, 0.15) is 0 Å². The Morgan fingerprint density at radius 2 is 1.27 bits per heavy atom. The molecule has 0 rings (SSSR count). The highest BCUT2D eigenvalue weighted by molar-refractivity contribution is 4.78. The Labute approximate surface area is 72.8 Å². The topological polar surface area (TPSA) is 3.24 Å². The molecule has 0 heterocycles. The Morgan fingerprint density at radius 1 is 1.00 bits per heavy atom. The third kappa shape index (κ3) is 4.41. The highest BCUT2D eigenvalue weighted by Gasteiger charge is 2.20. The maximum Gasteiger partial charge on any atom is 0.0170 e. The van der Waals surface area contributed by atoms with Crippen LogP contribution in [0, 0.1) is 0 Å². The minimum Gasteiger partial charge on any atom is -0.304 e. The van der Waals surface area contributed by atoms with Crippen LogP contribution in [0.5, 0.6) is 0 Å². The summed E-state index contributed by atoms with van der Waals surface area (Å²) in [5.41, 5.74) is 0.417. The van der Waals surface area contributed by atoms with E-state index >= 15 is 0 Å². The van der Waals surface area contributed by atoms with E-state index in [-0.39, 0.29) is 0 Å². The van der Waals surface area contributed by atoms with Crippen molar-refractivity contribution >= 4 is 0 Å². The van der Waals surface area contributed by atoms with Crippen molar-refractivity contribution in [2.75, 3.05) is 14.1 Å². The third-order valence-corrected chi connectivity index (χ3v) is 2.60. The summed E-state index contributed by atoms with van der Waals surface area (Å²) in [5, 5.41) is 0. The molecule has 0 unspecified atom stereocenters. The molecule has 1 nitrogen and oxygen atoms in total. The molecular weight excluding hydrogens is 134 g/mol. The van der Waals surface area contributed by atoms with E-state index in [2.05, 4.69) is 39.8 Å². The van der Waals surface area contributed by atoms with Crippen molar-refractivity contribution in [2.24, 2.45) is 0 Å². The lowest BCUT2D eigenvalue weighted by Gasteiger charge is -2.34. The fourth-order valence-corrected chi connectivity index (χ4v) is 0.882. The predicted octanol–water partition coefficient (Wildman–Crippen LogP) is 3.15. The summed E-state index contributed by atoms with van der Waals surface area (Å²) in [6, 6.07) is 0. The van der Waals surface area contributed by atoms with Crippen molar-refractivity contribution < 1.29 is 0 Å². The van der Waals surface area contributed by atoms with E-state index in [1.165, 1.54) is 12.8 Å². The van der Waals surface area contributed by atoms with Crippen LogP contribution in [-0.4, -0.2) is 24.5 Å². The van der Waals surface area contributed by atoms with Gasteiger partial charge in [-0.3, -0.25) is 0 Å². The standard InChI is InChI=1S/C8H19N.C2H6/c1-6-8(3,7-2)9(4)5;1-2/h6-7H2,1-5H3;1-2H3. The molecule has 0 aliphatic rings. The molecular formula is C10H25N. The summed E-state index contributed by atoms with van der Waals surface area (Å²) >= 11 is 0. The molecule has 11 heavy (non-hydrogen) atoms. The van der Waals surface area contributed by atoms with E-state index in [0.717, 1.165) is 0 Å². The van der Waals surface area contributed by atoms with Gasteiger partial charge in [0.2, 0.25) is 0 Å². The van der Waals surface area contributed by atoms with Crippen LogP contribution in [-0.2, 0) is 0 Å². The molecule has 0 amide bonds. The first-order valence-corrected chi connectivity index (χ1v) is 4.74. The highest BCUT2D eigenvalue weighted by Crippen LogP contribution is 2.19. The molecule has 0 spiro atoms. The van der Waals surface area contributed by atoms with Gasteiger partial charge in [-0.25, -0.2) is 0 Å². The quantitative estimate of drug-likeness (QED) is 0.611. The second-order valence-electron chi connectivity index (χ2n) is 3.10. The average Bonchev–Trinajstić information content (AvgIpc) is 2.06. The van der Waals surface area contributed by atoms with Gasteiger partial charge in [0, 0.05) is 5.54 Å². The van der Waals surface area contributed by atoms with E-state index in [1.807, 2.05) is 13.8 Å². The van der Waals surface area contributed by atoms with E-state index in [4.69, 9.17) is 0 Å². The third-order valence-electron chi connectivity index (χ3n) is 2.60. The first-order chi connectivity index (χ1) is 5.06. The summed E-state index contributed by atoms with van der Waals surface area (Å²) in [4.78, 5) is 2.30. The molecule has 70 valence electrons. The van der Waals surface area contributed by atoms with Gasteiger partial charge < -0.3 is 4.90 Å². The van der Waals surface area contributed by atoms with Gasteiger partial charge in [-0.2, -0.15) is 0 Å². The van der Waals surface area contributed by atoms with Crippen molar-refractivity contribution in [3.05, 3.63) is 0 Å². The van der Waals surface area contributed by atoms with Crippen LogP contribution >= 0.6 is 0 Å². The molecule has 0 saturated carbocycles. The van der Waals surface area contributed by atoms with Gasteiger partial charge in [-0.05, 0) is 33.9 Å². The van der Waals surface area contributed by atoms with E-state index < -0.39 is 0 Å². The normalized spacial score (nSPS) is 10.9. The summed E-state index contributed by atoms with van der Waals surface area (Å²) in [6.45, 7) is 10.8. The lowest BCUT2D eigenvalue weighted by atomic mass is 9.94. The minimum absolute atomic E-state index is 0.417. The lowest BCUT2D eigenvalue weighted by Crippen LogP contribution is -2.39.